The number of aromatic nitrogens is 2. The van der Waals surface area contributed by atoms with Crippen LogP contribution >= 0.6 is 15.9 Å². The van der Waals surface area contributed by atoms with E-state index < -0.39 is 0 Å². The minimum absolute atomic E-state index is 0.166. The van der Waals surface area contributed by atoms with E-state index in [-0.39, 0.29) is 18.5 Å². The molecule has 6 heteroatoms. The highest BCUT2D eigenvalue weighted by molar-refractivity contribution is 9.10. The van der Waals surface area contributed by atoms with E-state index >= 15 is 0 Å². The van der Waals surface area contributed by atoms with Crippen molar-refractivity contribution < 1.29 is 9.53 Å². The molecule has 2 N–H and O–H groups in total. The second kappa shape index (κ2) is 4.46. The summed E-state index contributed by atoms with van der Waals surface area (Å²) in [6.45, 7) is 2.24. The molecule has 0 saturated heterocycles. The first kappa shape index (κ1) is 12.6. The van der Waals surface area contributed by atoms with Crippen LogP contribution in [-0.4, -0.2) is 22.8 Å². The van der Waals surface area contributed by atoms with Crippen molar-refractivity contribution in [1.29, 1.82) is 0 Å². The number of aryl methyl sites for hydroxylation is 1. The van der Waals surface area contributed by atoms with E-state index in [0.717, 1.165) is 32.8 Å². The van der Waals surface area contributed by atoms with Gasteiger partial charge in [0.05, 0.1) is 11.3 Å². The van der Waals surface area contributed by atoms with Crippen LogP contribution in [0.5, 0.6) is 0 Å². The predicted molar refractivity (Wildman–Crippen MR) is 80.9 cm³/mol. The largest absolute Gasteiger partial charge is 0.456 e. The smallest absolute Gasteiger partial charge is 0.337 e. The van der Waals surface area contributed by atoms with Crippen molar-refractivity contribution in [3.63, 3.8) is 0 Å². The number of halogens is 1. The Morgan fingerprint density at radius 3 is 3.00 bits per heavy atom. The number of hydrogen-bond acceptors (Lipinski definition) is 4. The van der Waals surface area contributed by atoms with Gasteiger partial charge in [0.2, 0.25) is 0 Å². The van der Waals surface area contributed by atoms with Crippen LogP contribution in [0.25, 0.3) is 0 Å². The topological polar surface area (TPSA) is 67.0 Å². The molecule has 5 nitrogen and oxygen atoms in total. The van der Waals surface area contributed by atoms with Gasteiger partial charge in [0.25, 0.3) is 0 Å². The Balaban J connectivity index is 1.99. The van der Waals surface area contributed by atoms with Crippen molar-refractivity contribution >= 4 is 27.7 Å². The fraction of sp³-hybridized carbons (Fsp3) is 0.200. The van der Waals surface area contributed by atoms with Crippen molar-refractivity contribution in [1.82, 2.24) is 10.2 Å². The molecule has 106 valence electrons. The molecule has 21 heavy (non-hydrogen) atoms. The second-order valence-electron chi connectivity index (χ2n) is 5.16. The molecule has 0 amide bonds. The minimum Gasteiger partial charge on any atom is -0.456 e. The van der Waals surface area contributed by atoms with Gasteiger partial charge in [-0.05, 0) is 18.6 Å². The molecule has 4 rings (SSSR count). The van der Waals surface area contributed by atoms with Gasteiger partial charge in [-0.2, -0.15) is 5.10 Å². The summed E-state index contributed by atoms with van der Waals surface area (Å²) in [7, 11) is 0. The van der Waals surface area contributed by atoms with E-state index in [0.29, 0.717) is 5.57 Å². The minimum atomic E-state index is -0.260. The van der Waals surface area contributed by atoms with Crippen LogP contribution in [-0.2, 0) is 9.53 Å². The zero-order valence-electron chi connectivity index (χ0n) is 11.2. The third-order valence-corrected chi connectivity index (χ3v) is 4.67. The molecule has 0 bridgehead atoms. The molecule has 1 atom stereocenters. The molecular weight excluding hydrogens is 334 g/mol. The predicted octanol–water partition coefficient (Wildman–Crippen LogP) is 2.85. The monoisotopic (exact) mass is 345 g/mol. The second-order valence-corrected chi connectivity index (χ2v) is 6.01. The molecule has 3 heterocycles. The number of cyclic esters (lactones) is 1. The molecule has 0 saturated carbocycles. The van der Waals surface area contributed by atoms with E-state index in [1.165, 1.54) is 0 Å². The highest BCUT2D eigenvalue weighted by atomic mass is 79.9. The van der Waals surface area contributed by atoms with Crippen LogP contribution in [0.4, 0.5) is 5.82 Å². The Morgan fingerprint density at radius 1 is 1.38 bits per heavy atom. The lowest BCUT2D eigenvalue weighted by molar-refractivity contribution is -0.136. The van der Waals surface area contributed by atoms with Crippen LogP contribution in [0.3, 0.4) is 0 Å². The molecule has 2 aliphatic rings. The quantitative estimate of drug-likeness (QED) is 0.780. The molecular formula is C15H12BrN3O2. The summed E-state index contributed by atoms with van der Waals surface area (Å²) in [6, 6.07) is 7.93. The zero-order chi connectivity index (χ0) is 14.6. The number of ether oxygens (including phenoxy) is 1. The number of H-pyrrole nitrogens is 1. The number of rotatable bonds is 1. The SMILES string of the molecule is Cc1[nH]nc2c1[C@@H](c1ccccc1Br)C1=C(COC1=O)N2. The summed E-state index contributed by atoms with van der Waals surface area (Å²) >= 11 is 3.59. The lowest BCUT2D eigenvalue weighted by Crippen LogP contribution is -2.20. The molecule has 1 aromatic heterocycles. The average molecular weight is 346 g/mol. The molecule has 0 spiro atoms. The Bertz CT molecular complexity index is 794. The van der Waals surface area contributed by atoms with Crippen molar-refractivity contribution in [2.75, 3.05) is 11.9 Å². The summed E-state index contributed by atoms with van der Waals surface area (Å²) in [5.74, 6) is 0.343. The average Bonchev–Trinajstić information content (AvgIpc) is 3.03. The number of esters is 1. The molecule has 2 aromatic rings. The Hall–Kier alpha value is -2.08. The van der Waals surface area contributed by atoms with Crippen molar-refractivity contribution in [2.45, 2.75) is 12.8 Å². The number of carbonyl (C=O) groups is 1. The fourth-order valence-corrected chi connectivity index (χ4v) is 3.52. The molecule has 2 aliphatic heterocycles. The van der Waals surface area contributed by atoms with Gasteiger partial charge in [0.1, 0.15) is 6.61 Å². The van der Waals surface area contributed by atoms with E-state index in [2.05, 4.69) is 31.4 Å². The van der Waals surface area contributed by atoms with Gasteiger partial charge in [-0.3, -0.25) is 5.10 Å². The molecule has 0 unspecified atom stereocenters. The molecule has 0 radical (unpaired) electrons. The number of nitrogens with zero attached hydrogens (tertiary/aromatic N) is 1. The number of benzene rings is 1. The molecule has 1 aromatic carbocycles. The summed E-state index contributed by atoms with van der Waals surface area (Å²) < 4.78 is 6.17. The summed E-state index contributed by atoms with van der Waals surface area (Å²) in [5, 5.41) is 10.5. The van der Waals surface area contributed by atoms with Gasteiger partial charge in [0, 0.05) is 21.6 Å². The maximum absolute atomic E-state index is 12.2. The standard InChI is InChI=1S/C15H12BrN3O2/c1-7-11-12(8-4-2-3-5-9(8)16)13-10(6-21-15(13)20)17-14(11)19-18-7/h2-5,12H,6H2,1H3,(H2,17,18,19)/t12-/m1/s1. The summed E-state index contributed by atoms with van der Waals surface area (Å²) in [5.41, 5.74) is 4.47. The van der Waals surface area contributed by atoms with Gasteiger partial charge in [0.15, 0.2) is 5.82 Å². The Labute approximate surface area is 129 Å². The zero-order valence-corrected chi connectivity index (χ0v) is 12.8. The first-order valence-electron chi connectivity index (χ1n) is 6.63. The lowest BCUT2D eigenvalue weighted by Gasteiger charge is -2.25. The van der Waals surface area contributed by atoms with Crippen LogP contribution in [0.15, 0.2) is 40.0 Å². The van der Waals surface area contributed by atoms with Gasteiger partial charge >= 0.3 is 5.97 Å². The van der Waals surface area contributed by atoms with Crippen LogP contribution in [0.2, 0.25) is 0 Å². The number of carbonyl (C=O) groups excluding carboxylic acids is 1. The molecule has 0 fully saturated rings. The van der Waals surface area contributed by atoms with Crippen LogP contribution < -0.4 is 5.32 Å². The third-order valence-electron chi connectivity index (χ3n) is 3.95. The number of nitrogens with one attached hydrogen (secondary N) is 2. The number of hydrogen-bond donors (Lipinski definition) is 2. The Morgan fingerprint density at radius 2 is 2.19 bits per heavy atom. The summed E-state index contributed by atoms with van der Waals surface area (Å²) in [4.78, 5) is 12.2. The summed E-state index contributed by atoms with van der Waals surface area (Å²) in [6.07, 6.45) is 0. The highest BCUT2D eigenvalue weighted by Crippen LogP contribution is 2.46. The van der Waals surface area contributed by atoms with Crippen LogP contribution in [0.1, 0.15) is 22.7 Å². The number of anilines is 1. The number of aromatic amines is 1. The molecule has 0 aliphatic carbocycles. The van der Waals surface area contributed by atoms with E-state index in [4.69, 9.17) is 4.74 Å². The van der Waals surface area contributed by atoms with Gasteiger partial charge in [-0.15, -0.1) is 0 Å². The number of fused-ring (bicyclic) bond motifs is 1. The highest BCUT2D eigenvalue weighted by Gasteiger charge is 2.41. The van der Waals surface area contributed by atoms with Gasteiger partial charge < -0.3 is 10.1 Å². The van der Waals surface area contributed by atoms with Crippen molar-refractivity contribution in [3.8, 4) is 0 Å². The van der Waals surface area contributed by atoms with Crippen molar-refractivity contribution in [2.24, 2.45) is 0 Å². The maximum Gasteiger partial charge on any atom is 0.337 e. The first-order chi connectivity index (χ1) is 10.2. The first-order valence-corrected chi connectivity index (χ1v) is 7.42. The van der Waals surface area contributed by atoms with E-state index in [1.54, 1.807) is 0 Å². The third kappa shape index (κ3) is 1.75. The van der Waals surface area contributed by atoms with E-state index in [9.17, 15) is 4.79 Å². The fourth-order valence-electron chi connectivity index (χ4n) is 3.01. The van der Waals surface area contributed by atoms with Gasteiger partial charge in [-0.1, -0.05) is 34.1 Å². The van der Waals surface area contributed by atoms with Crippen molar-refractivity contribution in [3.05, 3.63) is 56.8 Å². The maximum atomic E-state index is 12.2. The van der Waals surface area contributed by atoms with E-state index in [1.807, 2.05) is 31.2 Å². The Kier molecular flexibility index (Phi) is 2.68. The van der Waals surface area contributed by atoms with Gasteiger partial charge in [-0.25, -0.2) is 4.79 Å². The van der Waals surface area contributed by atoms with Crippen LogP contribution in [0, 0.1) is 6.92 Å². The normalized spacial score (nSPS) is 19.9. The lowest BCUT2D eigenvalue weighted by atomic mass is 9.82.